The highest BCUT2D eigenvalue weighted by molar-refractivity contribution is 7.07. The van der Waals surface area contributed by atoms with E-state index in [0.717, 1.165) is 17.9 Å². The molecule has 5 heteroatoms. The van der Waals surface area contributed by atoms with Gasteiger partial charge in [0.05, 0.1) is 0 Å². The molecule has 0 aliphatic heterocycles. The number of aromatic nitrogens is 3. The molecule has 19 heavy (non-hydrogen) atoms. The van der Waals surface area contributed by atoms with Gasteiger partial charge in [0.2, 0.25) is 0 Å². The van der Waals surface area contributed by atoms with Crippen LogP contribution >= 0.6 is 11.3 Å². The Labute approximate surface area is 116 Å². The molecule has 4 nitrogen and oxygen atoms in total. The molecule has 0 radical (unpaired) electrons. The van der Waals surface area contributed by atoms with Crippen molar-refractivity contribution in [2.45, 2.75) is 26.3 Å². The third kappa shape index (κ3) is 2.61. The monoisotopic (exact) mass is 272 g/mol. The summed E-state index contributed by atoms with van der Waals surface area (Å²) in [6.07, 6.45) is 2.59. The highest BCUT2D eigenvalue weighted by atomic mass is 32.1. The third-order valence-electron chi connectivity index (χ3n) is 3.04. The first kappa shape index (κ1) is 12.2. The average molecular weight is 272 g/mol. The van der Waals surface area contributed by atoms with Gasteiger partial charge in [-0.1, -0.05) is 0 Å². The maximum absolute atomic E-state index is 4.25. The number of anilines is 1. The second-order valence-electron chi connectivity index (χ2n) is 4.83. The van der Waals surface area contributed by atoms with Crippen molar-refractivity contribution in [3.8, 4) is 0 Å². The van der Waals surface area contributed by atoms with Gasteiger partial charge >= 0.3 is 0 Å². The number of hydrogen-bond donors (Lipinski definition) is 1. The second-order valence-corrected chi connectivity index (χ2v) is 5.61. The van der Waals surface area contributed by atoms with E-state index in [4.69, 9.17) is 0 Å². The van der Waals surface area contributed by atoms with Crippen LogP contribution in [0.5, 0.6) is 0 Å². The summed E-state index contributed by atoms with van der Waals surface area (Å²) in [5, 5.41) is 12.1. The summed E-state index contributed by atoms with van der Waals surface area (Å²) in [5.41, 5.74) is 3.43. The van der Waals surface area contributed by atoms with Crippen molar-refractivity contribution in [2.24, 2.45) is 0 Å². The Bertz CT molecular complexity index is 672. The zero-order chi connectivity index (χ0) is 13.2. The van der Waals surface area contributed by atoms with Gasteiger partial charge in [-0.05, 0) is 60.4 Å². The molecule has 0 amide bonds. The van der Waals surface area contributed by atoms with E-state index in [1.54, 1.807) is 17.7 Å². The van der Waals surface area contributed by atoms with Gasteiger partial charge in [-0.15, -0.1) is 0 Å². The second kappa shape index (κ2) is 5.01. The molecule has 0 spiro atoms. The first-order valence-corrected chi connectivity index (χ1v) is 7.24. The van der Waals surface area contributed by atoms with Gasteiger partial charge in [-0.25, -0.2) is 4.98 Å². The van der Waals surface area contributed by atoms with Gasteiger partial charge in [-0.2, -0.15) is 21.0 Å². The van der Waals surface area contributed by atoms with Crippen molar-refractivity contribution in [3.63, 3.8) is 0 Å². The lowest BCUT2D eigenvalue weighted by atomic mass is 10.1. The van der Waals surface area contributed by atoms with Crippen molar-refractivity contribution < 1.29 is 0 Å². The minimum atomic E-state index is 0.351. The molecule has 0 saturated carbocycles. The summed E-state index contributed by atoms with van der Waals surface area (Å²) in [4.78, 5) is 4.24. The van der Waals surface area contributed by atoms with Crippen LogP contribution in [0, 0.1) is 6.92 Å². The fraction of sp³-hybridized carbons (Fsp3) is 0.286. The van der Waals surface area contributed by atoms with Crippen LogP contribution in [0.4, 0.5) is 5.82 Å². The van der Waals surface area contributed by atoms with Crippen molar-refractivity contribution >= 4 is 22.8 Å². The van der Waals surface area contributed by atoms with Crippen LogP contribution in [0.15, 0.2) is 35.3 Å². The van der Waals surface area contributed by atoms with Crippen molar-refractivity contribution in [3.05, 3.63) is 46.4 Å². The Hall–Kier alpha value is -1.88. The largest absolute Gasteiger partial charge is 0.367 e. The molecular weight excluding hydrogens is 256 g/mol. The molecule has 0 aliphatic rings. The van der Waals surface area contributed by atoms with Gasteiger partial charge in [0.1, 0.15) is 12.1 Å². The van der Waals surface area contributed by atoms with Crippen LogP contribution in [0.2, 0.25) is 0 Å². The number of fused-ring (bicyclic) bond motifs is 1. The predicted octanol–water partition coefficient (Wildman–Crippen LogP) is 3.14. The Morgan fingerprint density at radius 3 is 3.11 bits per heavy atom. The van der Waals surface area contributed by atoms with Crippen LogP contribution in [0.25, 0.3) is 5.65 Å². The van der Waals surface area contributed by atoms with E-state index < -0.39 is 0 Å². The van der Waals surface area contributed by atoms with E-state index in [1.807, 2.05) is 10.6 Å². The maximum atomic E-state index is 4.25. The highest BCUT2D eigenvalue weighted by Crippen LogP contribution is 2.16. The molecule has 0 aromatic carbocycles. The van der Waals surface area contributed by atoms with Crippen molar-refractivity contribution in [1.82, 2.24) is 14.6 Å². The molecule has 3 aromatic heterocycles. The predicted molar refractivity (Wildman–Crippen MR) is 78.8 cm³/mol. The molecule has 0 bridgehead atoms. The molecule has 3 heterocycles. The molecule has 1 atom stereocenters. The van der Waals surface area contributed by atoms with E-state index >= 15 is 0 Å². The summed E-state index contributed by atoms with van der Waals surface area (Å²) < 4.78 is 1.84. The Morgan fingerprint density at radius 1 is 1.42 bits per heavy atom. The zero-order valence-corrected chi connectivity index (χ0v) is 11.8. The summed E-state index contributed by atoms with van der Waals surface area (Å²) >= 11 is 1.74. The maximum Gasteiger partial charge on any atom is 0.157 e. The van der Waals surface area contributed by atoms with Gasteiger partial charge in [0.25, 0.3) is 0 Å². The topological polar surface area (TPSA) is 42.2 Å². The van der Waals surface area contributed by atoms with Gasteiger partial charge in [0, 0.05) is 6.04 Å². The van der Waals surface area contributed by atoms with E-state index in [1.165, 1.54) is 11.1 Å². The Balaban J connectivity index is 1.82. The standard InChI is InChI=1S/C14H16N4S/c1-10-5-13-15-9-16-18(13)14(6-10)17-11(2)7-12-3-4-19-8-12/h3-6,8-9,11,17H,7H2,1-2H3. The van der Waals surface area contributed by atoms with E-state index in [-0.39, 0.29) is 0 Å². The quantitative estimate of drug-likeness (QED) is 0.793. The molecule has 0 saturated heterocycles. The number of hydrogen-bond acceptors (Lipinski definition) is 4. The number of thiophene rings is 1. The molecule has 3 rings (SSSR count). The summed E-state index contributed by atoms with van der Waals surface area (Å²) in [7, 11) is 0. The molecule has 3 aromatic rings. The number of nitrogens with one attached hydrogen (secondary N) is 1. The fourth-order valence-corrected chi connectivity index (χ4v) is 2.91. The Kier molecular flexibility index (Phi) is 3.21. The Morgan fingerprint density at radius 2 is 2.32 bits per heavy atom. The lowest BCUT2D eigenvalue weighted by molar-refractivity contribution is 0.775. The smallest absolute Gasteiger partial charge is 0.157 e. The van der Waals surface area contributed by atoms with Crippen LogP contribution in [0.1, 0.15) is 18.1 Å². The first-order valence-electron chi connectivity index (χ1n) is 6.30. The van der Waals surface area contributed by atoms with E-state index in [2.05, 4.69) is 52.1 Å². The number of nitrogens with zero attached hydrogens (tertiary/aromatic N) is 3. The van der Waals surface area contributed by atoms with Crippen LogP contribution < -0.4 is 5.32 Å². The average Bonchev–Trinajstić information content (AvgIpc) is 2.99. The highest BCUT2D eigenvalue weighted by Gasteiger charge is 2.08. The van der Waals surface area contributed by atoms with Crippen molar-refractivity contribution in [2.75, 3.05) is 5.32 Å². The molecule has 0 aliphatic carbocycles. The number of pyridine rings is 1. The van der Waals surface area contributed by atoms with Crippen LogP contribution in [0.3, 0.4) is 0 Å². The molecule has 0 fully saturated rings. The van der Waals surface area contributed by atoms with Gasteiger partial charge in [-0.3, -0.25) is 0 Å². The molecule has 98 valence electrons. The van der Waals surface area contributed by atoms with Crippen LogP contribution in [-0.2, 0) is 6.42 Å². The van der Waals surface area contributed by atoms with E-state index in [9.17, 15) is 0 Å². The lowest BCUT2D eigenvalue weighted by Gasteiger charge is -2.15. The van der Waals surface area contributed by atoms with Crippen LogP contribution in [-0.4, -0.2) is 20.6 Å². The fourth-order valence-electron chi connectivity index (χ4n) is 2.23. The summed E-state index contributed by atoms with van der Waals surface area (Å²) in [6.45, 7) is 4.26. The summed E-state index contributed by atoms with van der Waals surface area (Å²) in [6, 6.07) is 6.65. The first-order chi connectivity index (χ1) is 9.22. The zero-order valence-electron chi connectivity index (χ0n) is 11.0. The summed E-state index contributed by atoms with van der Waals surface area (Å²) in [5.74, 6) is 0.996. The van der Waals surface area contributed by atoms with Gasteiger partial charge < -0.3 is 5.32 Å². The molecular formula is C14H16N4S. The number of aryl methyl sites for hydroxylation is 1. The molecule has 1 N–H and O–H groups in total. The van der Waals surface area contributed by atoms with Gasteiger partial charge in [0.15, 0.2) is 5.65 Å². The molecule has 1 unspecified atom stereocenters. The third-order valence-corrected chi connectivity index (χ3v) is 3.77. The minimum Gasteiger partial charge on any atom is -0.367 e. The van der Waals surface area contributed by atoms with Crippen molar-refractivity contribution in [1.29, 1.82) is 0 Å². The SMILES string of the molecule is Cc1cc(NC(C)Cc2ccsc2)n2ncnc2c1. The van der Waals surface area contributed by atoms with E-state index in [0.29, 0.717) is 6.04 Å². The minimum absolute atomic E-state index is 0.351. The normalized spacial score (nSPS) is 12.7. The number of rotatable bonds is 4. The lowest BCUT2D eigenvalue weighted by Crippen LogP contribution is -2.20.